The molecule has 0 aliphatic carbocycles. The third kappa shape index (κ3) is 2.77. The summed E-state index contributed by atoms with van der Waals surface area (Å²) in [5, 5.41) is 9.42. The Labute approximate surface area is 101 Å². The van der Waals surface area contributed by atoms with E-state index in [9.17, 15) is 9.90 Å². The topological polar surface area (TPSA) is 49.8 Å². The van der Waals surface area contributed by atoms with Crippen LogP contribution in [0.5, 0.6) is 5.75 Å². The monoisotopic (exact) mass is 235 g/mol. The smallest absolute Gasteiger partial charge is 0.229 e. The lowest BCUT2D eigenvalue weighted by atomic mass is 10.3. The van der Waals surface area contributed by atoms with Crippen LogP contribution in [0, 0.1) is 0 Å². The van der Waals surface area contributed by atoms with Gasteiger partial charge in [-0.2, -0.15) is 0 Å². The molecule has 0 bridgehead atoms. The molecule has 1 aromatic carbocycles. The number of carbonyl (C=O) groups excluding carboxylic acids is 1. The summed E-state index contributed by atoms with van der Waals surface area (Å²) in [6.45, 7) is 4.31. The number of aliphatic hydroxyl groups excluding tert-OH is 1. The maximum atomic E-state index is 11.6. The molecule has 1 aromatic rings. The van der Waals surface area contributed by atoms with Crippen LogP contribution in [0.15, 0.2) is 24.3 Å². The van der Waals surface area contributed by atoms with E-state index in [1.807, 2.05) is 38.1 Å². The van der Waals surface area contributed by atoms with Crippen molar-refractivity contribution < 1.29 is 14.6 Å². The second-order valence-electron chi connectivity index (χ2n) is 4.52. The van der Waals surface area contributed by atoms with Crippen LogP contribution in [-0.2, 0) is 4.79 Å². The Morgan fingerprint density at radius 2 is 2.00 bits per heavy atom. The number of anilines is 1. The maximum absolute atomic E-state index is 11.6. The number of aliphatic hydroxyl groups is 1. The van der Waals surface area contributed by atoms with Crippen molar-refractivity contribution in [3.63, 3.8) is 0 Å². The highest BCUT2D eigenvalue weighted by Crippen LogP contribution is 2.24. The first kappa shape index (κ1) is 11.9. The Hall–Kier alpha value is -1.55. The summed E-state index contributed by atoms with van der Waals surface area (Å²) in [4.78, 5) is 13.2. The van der Waals surface area contributed by atoms with Crippen molar-refractivity contribution in [3.05, 3.63) is 24.3 Å². The molecule has 0 saturated carbocycles. The van der Waals surface area contributed by atoms with Gasteiger partial charge in [-0.15, -0.1) is 0 Å². The van der Waals surface area contributed by atoms with Gasteiger partial charge in [0.25, 0.3) is 0 Å². The number of hydrogen-bond acceptors (Lipinski definition) is 3. The SMILES string of the molecule is CC(C)Oc1ccc(N2CC(O)CC2=O)cc1. The lowest BCUT2D eigenvalue weighted by molar-refractivity contribution is -0.117. The molecule has 1 N–H and O–H groups in total. The van der Waals surface area contributed by atoms with Gasteiger partial charge >= 0.3 is 0 Å². The molecule has 1 aliphatic rings. The molecule has 4 heteroatoms. The fourth-order valence-corrected chi connectivity index (χ4v) is 1.92. The predicted molar refractivity (Wildman–Crippen MR) is 65.2 cm³/mol. The molecule has 0 spiro atoms. The minimum Gasteiger partial charge on any atom is -0.491 e. The molecule has 1 unspecified atom stereocenters. The van der Waals surface area contributed by atoms with Crippen molar-refractivity contribution >= 4 is 11.6 Å². The quantitative estimate of drug-likeness (QED) is 0.865. The predicted octanol–water partition coefficient (Wildman–Crippen LogP) is 1.57. The van der Waals surface area contributed by atoms with E-state index in [0.717, 1.165) is 11.4 Å². The maximum Gasteiger partial charge on any atom is 0.229 e. The van der Waals surface area contributed by atoms with Gasteiger partial charge < -0.3 is 14.7 Å². The van der Waals surface area contributed by atoms with Gasteiger partial charge in [-0.25, -0.2) is 0 Å². The van der Waals surface area contributed by atoms with E-state index in [2.05, 4.69) is 0 Å². The number of nitrogens with zero attached hydrogens (tertiary/aromatic N) is 1. The molecular weight excluding hydrogens is 218 g/mol. The van der Waals surface area contributed by atoms with Gasteiger partial charge in [-0.05, 0) is 38.1 Å². The standard InChI is InChI=1S/C13H17NO3/c1-9(2)17-12-5-3-10(4-6-12)14-8-11(15)7-13(14)16/h3-6,9,11,15H,7-8H2,1-2H3. The number of hydrogen-bond donors (Lipinski definition) is 1. The largest absolute Gasteiger partial charge is 0.491 e. The van der Waals surface area contributed by atoms with Crippen LogP contribution >= 0.6 is 0 Å². The molecule has 1 fully saturated rings. The van der Waals surface area contributed by atoms with Crippen molar-refractivity contribution in [2.45, 2.75) is 32.5 Å². The average molecular weight is 235 g/mol. The zero-order valence-corrected chi connectivity index (χ0v) is 10.1. The van der Waals surface area contributed by atoms with E-state index in [4.69, 9.17) is 4.74 Å². The third-order valence-electron chi connectivity index (χ3n) is 2.62. The summed E-state index contributed by atoms with van der Waals surface area (Å²) >= 11 is 0. The minimum absolute atomic E-state index is 0.0324. The number of rotatable bonds is 3. The van der Waals surface area contributed by atoms with E-state index in [-0.39, 0.29) is 18.4 Å². The highest BCUT2D eigenvalue weighted by Gasteiger charge is 2.28. The van der Waals surface area contributed by atoms with Gasteiger partial charge in [-0.3, -0.25) is 4.79 Å². The molecule has 17 heavy (non-hydrogen) atoms. The van der Waals surface area contributed by atoms with Crippen molar-refractivity contribution in [3.8, 4) is 5.75 Å². The van der Waals surface area contributed by atoms with Crippen LogP contribution in [0.3, 0.4) is 0 Å². The van der Waals surface area contributed by atoms with Crippen LogP contribution in [0.2, 0.25) is 0 Å². The van der Waals surface area contributed by atoms with E-state index in [1.165, 1.54) is 0 Å². The first-order valence-corrected chi connectivity index (χ1v) is 5.81. The fraction of sp³-hybridized carbons (Fsp3) is 0.462. The summed E-state index contributed by atoms with van der Waals surface area (Å²) in [5.74, 6) is 0.756. The third-order valence-corrected chi connectivity index (χ3v) is 2.62. The van der Waals surface area contributed by atoms with Gasteiger partial charge in [0.05, 0.1) is 25.2 Å². The Kier molecular flexibility index (Phi) is 3.33. The molecule has 1 heterocycles. The van der Waals surface area contributed by atoms with E-state index in [0.29, 0.717) is 6.54 Å². The number of β-amino-alcohol motifs (C(OH)–C–C–N with tert-alkyl or cyclic N) is 1. The summed E-state index contributed by atoms with van der Waals surface area (Å²) in [5.41, 5.74) is 0.808. The van der Waals surface area contributed by atoms with Gasteiger partial charge in [-0.1, -0.05) is 0 Å². The Morgan fingerprint density at radius 3 is 2.47 bits per heavy atom. The second-order valence-corrected chi connectivity index (χ2v) is 4.52. The zero-order chi connectivity index (χ0) is 12.4. The number of carbonyl (C=O) groups is 1. The van der Waals surface area contributed by atoms with Crippen molar-refractivity contribution in [2.75, 3.05) is 11.4 Å². The van der Waals surface area contributed by atoms with Crippen molar-refractivity contribution in [1.82, 2.24) is 0 Å². The highest BCUT2D eigenvalue weighted by molar-refractivity contribution is 5.96. The molecule has 2 rings (SSSR count). The summed E-state index contributed by atoms with van der Waals surface area (Å²) in [6, 6.07) is 7.36. The molecule has 1 amide bonds. The van der Waals surface area contributed by atoms with Crippen LogP contribution in [0.4, 0.5) is 5.69 Å². The first-order chi connectivity index (χ1) is 8.06. The number of benzene rings is 1. The lowest BCUT2D eigenvalue weighted by Gasteiger charge is -2.17. The van der Waals surface area contributed by atoms with Gasteiger partial charge in [0.15, 0.2) is 0 Å². The minimum atomic E-state index is -0.547. The molecule has 0 aromatic heterocycles. The molecule has 4 nitrogen and oxygen atoms in total. The van der Waals surface area contributed by atoms with Crippen LogP contribution in [0.1, 0.15) is 20.3 Å². The average Bonchev–Trinajstić information content (AvgIpc) is 2.58. The zero-order valence-electron chi connectivity index (χ0n) is 10.1. The van der Waals surface area contributed by atoms with Gasteiger partial charge in [0.2, 0.25) is 5.91 Å². The molecule has 0 radical (unpaired) electrons. The summed E-state index contributed by atoms with van der Waals surface area (Å²) < 4.78 is 5.53. The molecule has 92 valence electrons. The fourth-order valence-electron chi connectivity index (χ4n) is 1.92. The number of amides is 1. The van der Waals surface area contributed by atoms with Crippen LogP contribution < -0.4 is 9.64 Å². The Bertz CT molecular complexity index is 400. The summed E-state index contributed by atoms with van der Waals surface area (Å²) in [7, 11) is 0. The molecular formula is C13H17NO3. The van der Waals surface area contributed by atoms with Crippen molar-refractivity contribution in [1.29, 1.82) is 0 Å². The highest BCUT2D eigenvalue weighted by atomic mass is 16.5. The number of ether oxygens (including phenoxy) is 1. The van der Waals surface area contributed by atoms with E-state index < -0.39 is 6.10 Å². The van der Waals surface area contributed by atoms with Crippen molar-refractivity contribution in [2.24, 2.45) is 0 Å². The van der Waals surface area contributed by atoms with E-state index >= 15 is 0 Å². The Balaban J connectivity index is 2.10. The molecule has 1 saturated heterocycles. The van der Waals surface area contributed by atoms with E-state index in [1.54, 1.807) is 4.90 Å². The first-order valence-electron chi connectivity index (χ1n) is 5.81. The van der Waals surface area contributed by atoms with Gasteiger partial charge in [0.1, 0.15) is 5.75 Å². The Morgan fingerprint density at radius 1 is 1.35 bits per heavy atom. The molecule has 1 atom stereocenters. The molecule has 1 aliphatic heterocycles. The normalized spacial score (nSPS) is 20.1. The summed E-state index contributed by atoms with van der Waals surface area (Å²) in [6.07, 6.45) is -0.199. The lowest BCUT2D eigenvalue weighted by Crippen LogP contribution is -2.25. The second kappa shape index (κ2) is 4.75. The van der Waals surface area contributed by atoms with Gasteiger partial charge in [0, 0.05) is 5.69 Å². The van der Waals surface area contributed by atoms with Crippen LogP contribution in [-0.4, -0.2) is 29.8 Å². The van der Waals surface area contributed by atoms with Crippen LogP contribution in [0.25, 0.3) is 0 Å².